The first-order valence-corrected chi connectivity index (χ1v) is 6.65. The lowest BCUT2D eigenvalue weighted by molar-refractivity contribution is -0.117. The van der Waals surface area contributed by atoms with Crippen molar-refractivity contribution in [3.63, 3.8) is 0 Å². The minimum absolute atomic E-state index is 0.0775. The molecule has 1 atom stereocenters. The second kappa shape index (κ2) is 5.68. The number of Topliss-reactive ketones (excluding diaryl/α,β-unsaturated/α-hetero) is 1. The van der Waals surface area contributed by atoms with Crippen LogP contribution in [0.25, 0.3) is 5.53 Å². The van der Waals surface area contributed by atoms with Gasteiger partial charge in [-0.25, -0.2) is 13.1 Å². The Morgan fingerprint density at radius 1 is 1.39 bits per heavy atom. The van der Waals surface area contributed by atoms with Crippen molar-refractivity contribution in [2.24, 2.45) is 0 Å². The molecule has 0 bridgehead atoms. The maximum Gasteiger partial charge on any atom is 0.324 e. The van der Waals surface area contributed by atoms with Gasteiger partial charge in [0.15, 0.2) is 0 Å². The van der Waals surface area contributed by atoms with Gasteiger partial charge in [-0.05, 0) is 26.0 Å². The number of carbonyl (C=O) groups is 1. The number of nitrogens with one attached hydrogen (secondary N) is 1. The zero-order valence-electron chi connectivity index (χ0n) is 9.99. The van der Waals surface area contributed by atoms with Gasteiger partial charge >= 0.3 is 6.21 Å². The Morgan fingerprint density at radius 3 is 2.44 bits per heavy atom. The lowest BCUT2D eigenvalue weighted by Crippen LogP contribution is -2.39. The lowest BCUT2D eigenvalue weighted by Gasteiger charge is -2.10. The fourth-order valence-electron chi connectivity index (χ4n) is 1.24. The van der Waals surface area contributed by atoms with Crippen molar-refractivity contribution in [3.05, 3.63) is 35.4 Å². The molecule has 1 aromatic carbocycles. The summed E-state index contributed by atoms with van der Waals surface area (Å²) in [6, 6.07) is 5.24. The number of carbonyl (C=O) groups excluding carboxylic acids is 1. The fraction of sp³-hybridized carbons (Fsp3) is 0.273. The third-order valence-electron chi connectivity index (χ3n) is 2.27. The predicted octanol–water partition coefficient (Wildman–Crippen LogP) is 0.532. The zero-order valence-corrected chi connectivity index (χ0v) is 10.8. The van der Waals surface area contributed by atoms with Gasteiger partial charge in [-0.3, -0.25) is 4.79 Å². The molecular weight excluding hydrogens is 254 g/mol. The summed E-state index contributed by atoms with van der Waals surface area (Å²) >= 11 is 0. The normalized spacial score (nSPS) is 12.6. The van der Waals surface area contributed by atoms with Crippen molar-refractivity contribution in [3.8, 4) is 0 Å². The van der Waals surface area contributed by atoms with Crippen molar-refractivity contribution in [1.82, 2.24) is 4.72 Å². The minimum atomic E-state index is -3.75. The molecular formula is C11H13N3O3S. The molecule has 0 amide bonds. The van der Waals surface area contributed by atoms with Gasteiger partial charge in [0.25, 0.3) is 5.78 Å². The molecule has 7 heteroatoms. The van der Waals surface area contributed by atoms with Crippen molar-refractivity contribution in [1.29, 1.82) is 0 Å². The molecule has 18 heavy (non-hydrogen) atoms. The molecule has 1 aromatic rings. The van der Waals surface area contributed by atoms with Gasteiger partial charge in [-0.2, -0.15) is 4.79 Å². The molecule has 0 spiro atoms. The van der Waals surface area contributed by atoms with Crippen molar-refractivity contribution in [2.45, 2.75) is 24.8 Å². The maximum atomic E-state index is 11.9. The van der Waals surface area contributed by atoms with Gasteiger partial charge in [0.1, 0.15) is 0 Å². The summed E-state index contributed by atoms with van der Waals surface area (Å²) in [5.74, 6) is -0.631. The second-order valence-corrected chi connectivity index (χ2v) is 5.52. The standard InChI is InChI=1S/C11H13N3O3S/c1-8-3-5-10(6-4-8)18(16,17)14-9(2)11(15)7-13-12/h3-7,9,14H,1-2H3/t9-/m1/s1. The number of nitrogens with zero attached hydrogens (tertiary/aromatic N) is 2. The molecule has 0 radical (unpaired) electrons. The minimum Gasteiger partial charge on any atom is -0.361 e. The molecule has 6 nitrogen and oxygen atoms in total. The Morgan fingerprint density at radius 2 is 1.94 bits per heavy atom. The van der Waals surface area contributed by atoms with E-state index in [1.54, 1.807) is 12.1 Å². The van der Waals surface area contributed by atoms with Crippen LogP contribution in [-0.2, 0) is 14.8 Å². The molecule has 0 heterocycles. The first-order valence-electron chi connectivity index (χ1n) is 5.17. The highest BCUT2D eigenvalue weighted by molar-refractivity contribution is 7.89. The van der Waals surface area contributed by atoms with Crippen LogP contribution in [0.15, 0.2) is 29.2 Å². The summed E-state index contributed by atoms with van der Waals surface area (Å²) in [6.45, 7) is 3.21. The van der Waals surface area contributed by atoms with Gasteiger partial charge in [-0.15, -0.1) is 0 Å². The Kier molecular flexibility index (Phi) is 4.49. The average molecular weight is 267 g/mol. The van der Waals surface area contributed by atoms with Crippen LogP contribution in [0.1, 0.15) is 12.5 Å². The van der Waals surface area contributed by atoms with Crippen molar-refractivity contribution >= 4 is 22.0 Å². The van der Waals surface area contributed by atoms with E-state index in [1.807, 2.05) is 6.92 Å². The zero-order chi connectivity index (χ0) is 13.8. The molecule has 96 valence electrons. The molecule has 0 aliphatic rings. The number of sulfonamides is 1. The Bertz CT molecular complexity index is 586. The number of rotatable bonds is 5. The summed E-state index contributed by atoms with van der Waals surface area (Å²) in [4.78, 5) is 13.9. The van der Waals surface area contributed by atoms with Gasteiger partial charge in [0, 0.05) is 0 Å². The smallest absolute Gasteiger partial charge is 0.324 e. The summed E-state index contributed by atoms with van der Waals surface area (Å²) in [7, 11) is -3.75. The molecule has 0 saturated carbocycles. The highest BCUT2D eigenvalue weighted by Gasteiger charge is 2.22. The highest BCUT2D eigenvalue weighted by Crippen LogP contribution is 2.10. The van der Waals surface area contributed by atoms with E-state index in [2.05, 4.69) is 9.51 Å². The first-order chi connectivity index (χ1) is 8.36. The topological polar surface area (TPSA) is 99.6 Å². The molecule has 0 aliphatic carbocycles. The van der Waals surface area contributed by atoms with E-state index in [1.165, 1.54) is 19.1 Å². The van der Waals surface area contributed by atoms with Crippen LogP contribution in [0.2, 0.25) is 0 Å². The summed E-state index contributed by atoms with van der Waals surface area (Å²) in [5.41, 5.74) is 9.14. The second-order valence-electron chi connectivity index (χ2n) is 3.80. The molecule has 1 N–H and O–H groups in total. The van der Waals surface area contributed by atoms with Crippen LogP contribution in [-0.4, -0.2) is 31.2 Å². The van der Waals surface area contributed by atoms with Gasteiger partial charge in [0.2, 0.25) is 10.0 Å². The molecule has 0 aliphatic heterocycles. The molecule has 0 unspecified atom stereocenters. The van der Waals surface area contributed by atoms with E-state index in [9.17, 15) is 13.2 Å². The van der Waals surface area contributed by atoms with E-state index in [0.717, 1.165) is 5.56 Å². The number of aryl methyl sites for hydroxylation is 1. The summed E-state index contributed by atoms with van der Waals surface area (Å²) in [6.07, 6.45) is 0.655. The lowest BCUT2D eigenvalue weighted by atomic mass is 10.2. The Hall–Kier alpha value is -1.82. The van der Waals surface area contributed by atoms with E-state index in [0.29, 0.717) is 6.21 Å². The van der Waals surface area contributed by atoms with Crippen molar-refractivity contribution < 1.29 is 18.0 Å². The quantitative estimate of drug-likeness (QED) is 0.478. The SMILES string of the molecule is Cc1ccc(S(=O)(=O)N[C@H](C)C(=O)C=[N+]=[N-])cc1. The monoisotopic (exact) mass is 267 g/mol. The number of ketones is 1. The fourth-order valence-corrected chi connectivity index (χ4v) is 2.46. The Labute approximate surface area is 105 Å². The van der Waals surface area contributed by atoms with E-state index in [4.69, 9.17) is 5.53 Å². The van der Waals surface area contributed by atoms with Crippen LogP contribution in [0, 0.1) is 6.92 Å². The molecule has 0 aromatic heterocycles. The Balaban J connectivity index is 2.92. The first kappa shape index (κ1) is 14.2. The van der Waals surface area contributed by atoms with Gasteiger partial charge in [-0.1, -0.05) is 17.7 Å². The summed E-state index contributed by atoms with van der Waals surface area (Å²) < 4.78 is 26.0. The number of hydrogen-bond donors (Lipinski definition) is 1. The van der Waals surface area contributed by atoms with Crippen LogP contribution in [0.4, 0.5) is 0 Å². The van der Waals surface area contributed by atoms with Gasteiger partial charge in [0.05, 0.1) is 10.9 Å². The van der Waals surface area contributed by atoms with E-state index >= 15 is 0 Å². The molecule has 0 saturated heterocycles. The summed E-state index contributed by atoms with van der Waals surface area (Å²) in [5, 5.41) is 0. The number of hydrogen-bond acceptors (Lipinski definition) is 3. The van der Waals surface area contributed by atoms with Crippen molar-refractivity contribution in [2.75, 3.05) is 0 Å². The van der Waals surface area contributed by atoms with Crippen LogP contribution >= 0.6 is 0 Å². The highest BCUT2D eigenvalue weighted by atomic mass is 32.2. The van der Waals surface area contributed by atoms with Crippen LogP contribution in [0.3, 0.4) is 0 Å². The van der Waals surface area contributed by atoms with E-state index in [-0.39, 0.29) is 4.90 Å². The predicted molar refractivity (Wildman–Crippen MR) is 65.7 cm³/mol. The van der Waals surface area contributed by atoms with E-state index < -0.39 is 21.8 Å². The van der Waals surface area contributed by atoms with Crippen LogP contribution < -0.4 is 4.72 Å². The number of benzene rings is 1. The largest absolute Gasteiger partial charge is 0.361 e. The molecule has 0 fully saturated rings. The third kappa shape index (κ3) is 3.59. The van der Waals surface area contributed by atoms with Gasteiger partial charge < -0.3 is 5.53 Å². The third-order valence-corrected chi connectivity index (χ3v) is 3.83. The maximum absolute atomic E-state index is 11.9. The van der Waals surface area contributed by atoms with Crippen LogP contribution in [0.5, 0.6) is 0 Å². The molecule has 1 rings (SSSR count). The average Bonchev–Trinajstić information content (AvgIpc) is 2.29.